The van der Waals surface area contributed by atoms with Crippen molar-refractivity contribution < 1.29 is 5.11 Å². The van der Waals surface area contributed by atoms with Crippen molar-refractivity contribution in [3.8, 4) is 0 Å². The Labute approximate surface area is 113 Å². The smallest absolute Gasteiger partial charge is 0.155 e. The third kappa shape index (κ3) is 3.75. The molecule has 2 heterocycles. The number of hydrogen-bond donors (Lipinski definition) is 2. The lowest BCUT2D eigenvalue weighted by molar-refractivity contribution is 0.248. The monoisotopic (exact) mass is 262 g/mol. The van der Waals surface area contributed by atoms with E-state index in [-0.39, 0.29) is 6.61 Å². The Morgan fingerprint density at radius 3 is 3.05 bits per heavy atom. The van der Waals surface area contributed by atoms with Gasteiger partial charge in [-0.1, -0.05) is 13.3 Å². The van der Waals surface area contributed by atoms with Crippen LogP contribution in [0.25, 0.3) is 5.65 Å². The average Bonchev–Trinajstić information content (AvgIpc) is 2.83. The fourth-order valence-electron chi connectivity index (χ4n) is 2.37. The standard InChI is InChI=1S/C14H22N4O/c1-2-3-12(4-7-19)8-16-9-13-10-17-14-11-15-5-6-18(13)14/h5-6,10-12,16,19H,2-4,7-9H2,1H3. The summed E-state index contributed by atoms with van der Waals surface area (Å²) in [6, 6.07) is 0. The van der Waals surface area contributed by atoms with Crippen LogP contribution >= 0.6 is 0 Å². The normalized spacial score (nSPS) is 12.9. The molecule has 2 aromatic rings. The molecule has 104 valence electrons. The summed E-state index contributed by atoms with van der Waals surface area (Å²) in [5, 5.41) is 12.5. The molecule has 5 heteroatoms. The van der Waals surface area contributed by atoms with Gasteiger partial charge in [0, 0.05) is 25.5 Å². The minimum atomic E-state index is 0.271. The van der Waals surface area contributed by atoms with Gasteiger partial charge in [-0.3, -0.25) is 9.38 Å². The third-order valence-corrected chi connectivity index (χ3v) is 3.37. The quantitative estimate of drug-likeness (QED) is 0.759. The van der Waals surface area contributed by atoms with E-state index in [1.165, 1.54) is 0 Å². The number of fused-ring (bicyclic) bond motifs is 1. The molecular formula is C14H22N4O. The van der Waals surface area contributed by atoms with Crippen LogP contribution in [0, 0.1) is 5.92 Å². The molecule has 0 aromatic carbocycles. The molecule has 2 N–H and O–H groups in total. The van der Waals surface area contributed by atoms with E-state index in [0.717, 1.165) is 43.7 Å². The molecule has 0 aliphatic heterocycles. The van der Waals surface area contributed by atoms with Gasteiger partial charge in [0.05, 0.1) is 18.1 Å². The van der Waals surface area contributed by atoms with E-state index in [2.05, 4.69) is 22.2 Å². The summed E-state index contributed by atoms with van der Waals surface area (Å²) >= 11 is 0. The molecule has 0 radical (unpaired) electrons. The number of aliphatic hydroxyl groups excluding tert-OH is 1. The maximum Gasteiger partial charge on any atom is 0.155 e. The highest BCUT2D eigenvalue weighted by molar-refractivity contribution is 5.36. The molecular weight excluding hydrogens is 240 g/mol. The van der Waals surface area contributed by atoms with Gasteiger partial charge in [-0.15, -0.1) is 0 Å². The van der Waals surface area contributed by atoms with Gasteiger partial charge in [0.25, 0.3) is 0 Å². The highest BCUT2D eigenvalue weighted by atomic mass is 16.3. The minimum absolute atomic E-state index is 0.271. The molecule has 0 bridgehead atoms. The molecule has 0 saturated heterocycles. The zero-order valence-corrected chi connectivity index (χ0v) is 11.4. The SMILES string of the molecule is CCCC(CCO)CNCc1cnc2cnccn12. The number of imidazole rings is 1. The van der Waals surface area contributed by atoms with Crippen LogP contribution in [0.15, 0.2) is 24.8 Å². The largest absolute Gasteiger partial charge is 0.396 e. The summed E-state index contributed by atoms with van der Waals surface area (Å²) in [6.07, 6.45) is 10.5. The summed E-state index contributed by atoms with van der Waals surface area (Å²) in [5.41, 5.74) is 2.01. The van der Waals surface area contributed by atoms with Crippen LogP contribution in [-0.2, 0) is 6.54 Å². The Kier molecular flexibility index (Phi) is 5.30. The van der Waals surface area contributed by atoms with Crippen molar-refractivity contribution in [1.82, 2.24) is 19.7 Å². The number of nitrogens with one attached hydrogen (secondary N) is 1. The summed E-state index contributed by atoms with van der Waals surface area (Å²) < 4.78 is 2.04. The van der Waals surface area contributed by atoms with Crippen LogP contribution in [0.4, 0.5) is 0 Å². The van der Waals surface area contributed by atoms with Crippen molar-refractivity contribution >= 4 is 5.65 Å². The second-order valence-electron chi connectivity index (χ2n) is 4.85. The van der Waals surface area contributed by atoms with Crippen LogP contribution in [0.3, 0.4) is 0 Å². The first-order valence-corrected chi connectivity index (χ1v) is 6.92. The van der Waals surface area contributed by atoms with Gasteiger partial charge >= 0.3 is 0 Å². The molecule has 5 nitrogen and oxygen atoms in total. The van der Waals surface area contributed by atoms with Gasteiger partial charge in [0.1, 0.15) is 0 Å². The first-order chi connectivity index (χ1) is 9.35. The highest BCUT2D eigenvalue weighted by Gasteiger charge is 2.08. The van der Waals surface area contributed by atoms with Gasteiger partial charge < -0.3 is 10.4 Å². The summed E-state index contributed by atoms with van der Waals surface area (Å²) in [4.78, 5) is 8.36. The molecule has 19 heavy (non-hydrogen) atoms. The van der Waals surface area contributed by atoms with E-state index in [1.807, 2.05) is 16.8 Å². The Morgan fingerprint density at radius 1 is 1.37 bits per heavy atom. The maximum atomic E-state index is 9.04. The van der Waals surface area contributed by atoms with E-state index in [0.29, 0.717) is 5.92 Å². The zero-order chi connectivity index (χ0) is 13.5. The predicted octanol–water partition coefficient (Wildman–Crippen LogP) is 1.62. The summed E-state index contributed by atoms with van der Waals surface area (Å²) in [6.45, 7) is 4.18. The molecule has 1 unspecified atom stereocenters. The van der Waals surface area contributed by atoms with Crippen LogP contribution in [-0.4, -0.2) is 32.6 Å². The van der Waals surface area contributed by atoms with Crippen LogP contribution < -0.4 is 5.32 Å². The lowest BCUT2D eigenvalue weighted by Crippen LogP contribution is -2.23. The van der Waals surface area contributed by atoms with Gasteiger partial charge in [-0.05, 0) is 25.3 Å². The second-order valence-corrected chi connectivity index (χ2v) is 4.85. The van der Waals surface area contributed by atoms with E-state index in [1.54, 1.807) is 12.4 Å². The molecule has 2 rings (SSSR count). The zero-order valence-electron chi connectivity index (χ0n) is 11.4. The Morgan fingerprint density at radius 2 is 2.26 bits per heavy atom. The van der Waals surface area contributed by atoms with Crippen molar-refractivity contribution in [1.29, 1.82) is 0 Å². The Bertz CT molecular complexity index is 491. The van der Waals surface area contributed by atoms with Crippen molar-refractivity contribution in [3.63, 3.8) is 0 Å². The predicted molar refractivity (Wildman–Crippen MR) is 74.8 cm³/mol. The Balaban J connectivity index is 1.88. The third-order valence-electron chi connectivity index (χ3n) is 3.37. The Hall–Kier alpha value is -1.46. The van der Waals surface area contributed by atoms with Crippen molar-refractivity contribution in [2.45, 2.75) is 32.7 Å². The summed E-state index contributed by atoms with van der Waals surface area (Å²) in [7, 11) is 0. The molecule has 0 fully saturated rings. The molecule has 0 saturated carbocycles. The molecule has 2 aromatic heterocycles. The maximum absolute atomic E-state index is 9.04. The highest BCUT2D eigenvalue weighted by Crippen LogP contribution is 2.10. The molecule has 0 aliphatic carbocycles. The molecule has 0 amide bonds. The first kappa shape index (κ1) is 14.0. The van der Waals surface area contributed by atoms with Crippen LogP contribution in [0.1, 0.15) is 31.9 Å². The number of aromatic nitrogens is 3. The fourth-order valence-corrected chi connectivity index (χ4v) is 2.37. The van der Waals surface area contributed by atoms with Crippen LogP contribution in [0.5, 0.6) is 0 Å². The van der Waals surface area contributed by atoms with Gasteiger partial charge in [0.15, 0.2) is 5.65 Å². The fraction of sp³-hybridized carbons (Fsp3) is 0.571. The van der Waals surface area contributed by atoms with Gasteiger partial charge in [-0.25, -0.2) is 4.98 Å². The lowest BCUT2D eigenvalue weighted by atomic mass is 10.0. The number of aliphatic hydroxyl groups is 1. The van der Waals surface area contributed by atoms with E-state index in [9.17, 15) is 0 Å². The summed E-state index contributed by atoms with van der Waals surface area (Å²) in [5.74, 6) is 0.552. The first-order valence-electron chi connectivity index (χ1n) is 6.92. The molecule has 0 aliphatic rings. The lowest BCUT2D eigenvalue weighted by Gasteiger charge is -2.15. The minimum Gasteiger partial charge on any atom is -0.396 e. The number of hydrogen-bond acceptors (Lipinski definition) is 4. The van der Waals surface area contributed by atoms with E-state index >= 15 is 0 Å². The molecule has 1 atom stereocenters. The van der Waals surface area contributed by atoms with Gasteiger partial charge in [0.2, 0.25) is 0 Å². The average molecular weight is 262 g/mol. The number of nitrogens with zero attached hydrogens (tertiary/aromatic N) is 3. The van der Waals surface area contributed by atoms with E-state index in [4.69, 9.17) is 5.11 Å². The topological polar surface area (TPSA) is 62.5 Å². The van der Waals surface area contributed by atoms with Crippen LogP contribution in [0.2, 0.25) is 0 Å². The second kappa shape index (κ2) is 7.21. The van der Waals surface area contributed by atoms with Crippen molar-refractivity contribution in [3.05, 3.63) is 30.5 Å². The van der Waals surface area contributed by atoms with Crippen molar-refractivity contribution in [2.24, 2.45) is 5.92 Å². The van der Waals surface area contributed by atoms with E-state index < -0.39 is 0 Å². The van der Waals surface area contributed by atoms with Gasteiger partial charge in [-0.2, -0.15) is 0 Å². The number of rotatable bonds is 8. The van der Waals surface area contributed by atoms with Crippen molar-refractivity contribution in [2.75, 3.05) is 13.2 Å². The molecule has 0 spiro atoms.